The number of unbranched alkanes of at least 4 members (excludes halogenated alkanes) is 22. The lowest BCUT2D eigenvalue weighted by Crippen LogP contribution is -2.70. The normalized spacial score (nSPS) is 13.1. The molecular formula is C46H63F13O3S. The molecule has 2 rings (SSSR count). The number of benzene rings is 2. The molecule has 17 heteroatoms. The van der Waals surface area contributed by atoms with Gasteiger partial charge in [0.05, 0.1) is 12.2 Å². The summed E-state index contributed by atoms with van der Waals surface area (Å²) >= 11 is 0.298. The molecule has 362 valence electrons. The van der Waals surface area contributed by atoms with Crippen molar-refractivity contribution in [3.63, 3.8) is 0 Å². The minimum atomic E-state index is -7.93. The number of esters is 1. The molecule has 0 radical (unpaired) electrons. The third kappa shape index (κ3) is 18.2. The van der Waals surface area contributed by atoms with Crippen LogP contribution in [0.5, 0.6) is 11.5 Å². The van der Waals surface area contributed by atoms with Gasteiger partial charge in [0.1, 0.15) is 11.5 Å². The van der Waals surface area contributed by atoms with Gasteiger partial charge in [0.2, 0.25) is 0 Å². The van der Waals surface area contributed by atoms with Gasteiger partial charge < -0.3 is 9.47 Å². The van der Waals surface area contributed by atoms with E-state index >= 15 is 0 Å². The minimum Gasteiger partial charge on any atom is -0.494 e. The van der Waals surface area contributed by atoms with Gasteiger partial charge in [-0.1, -0.05) is 148 Å². The molecule has 0 unspecified atom stereocenters. The van der Waals surface area contributed by atoms with Crippen molar-refractivity contribution in [2.75, 3.05) is 12.4 Å². The van der Waals surface area contributed by atoms with E-state index in [4.69, 9.17) is 9.47 Å². The lowest BCUT2D eigenvalue weighted by Gasteiger charge is -2.39. The summed E-state index contributed by atoms with van der Waals surface area (Å²) < 4.78 is 184. The highest BCUT2D eigenvalue weighted by atomic mass is 32.2. The van der Waals surface area contributed by atoms with Crippen LogP contribution in [0.2, 0.25) is 0 Å². The van der Waals surface area contributed by atoms with Crippen molar-refractivity contribution >= 4 is 17.7 Å². The summed E-state index contributed by atoms with van der Waals surface area (Å²) in [6, 6.07) is 10.8. The summed E-state index contributed by atoms with van der Waals surface area (Å²) in [4.78, 5) is 12.6. The Balaban J connectivity index is 1.56. The van der Waals surface area contributed by atoms with E-state index < -0.39 is 53.9 Å². The predicted molar refractivity (Wildman–Crippen MR) is 221 cm³/mol. The first-order chi connectivity index (χ1) is 29.6. The topological polar surface area (TPSA) is 35.5 Å². The molecule has 0 atom stereocenters. The first kappa shape index (κ1) is 56.3. The van der Waals surface area contributed by atoms with Crippen molar-refractivity contribution in [2.45, 2.75) is 202 Å². The maximum atomic E-state index is 14.1. The summed E-state index contributed by atoms with van der Waals surface area (Å²) in [6.45, 7) is 2.78. The quantitative estimate of drug-likeness (QED) is 0.0227. The molecule has 0 fully saturated rings. The highest BCUT2D eigenvalue weighted by molar-refractivity contribution is 7.99. The molecule has 3 nitrogen and oxygen atoms in total. The Kier molecular flexibility index (Phi) is 24.6. The van der Waals surface area contributed by atoms with Crippen LogP contribution in [-0.2, 0) is 0 Å². The molecule has 0 aliphatic heterocycles. The molecule has 0 aliphatic rings. The lowest BCUT2D eigenvalue weighted by atomic mass is 9.93. The van der Waals surface area contributed by atoms with Crippen molar-refractivity contribution in [2.24, 2.45) is 0 Å². The fourth-order valence-electron chi connectivity index (χ4n) is 6.79. The van der Waals surface area contributed by atoms with Crippen LogP contribution in [0.25, 0.3) is 0 Å². The first-order valence-electron chi connectivity index (χ1n) is 22.3. The van der Waals surface area contributed by atoms with E-state index in [9.17, 15) is 61.9 Å². The second-order valence-corrected chi connectivity index (χ2v) is 17.3. The Bertz CT molecular complexity index is 1540. The molecule has 0 aromatic heterocycles. The van der Waals surface area contributed by atoms with Gasteiger partial charge >= 0.3 is 41.8 Å². The van der Waals surface area contributed by atoms with Crippen LogP contribution < -0.4 is 9.47 Å². The van der Waals surface area contributed by atoms with E-state index in [-0.39, 0.29) is 16.2 Å². The Labute approximate surface area is 368 Å². The van der Waals surface area contributed by atoms with E-state index in [1.54, 1.807) is 12.1 Å². The SMILES string of the molecule is CCCCCCCCCCCCCCCCCCCCCCCCCOc1ccc(OC(=O)c2ccc(SCCC(F)(F)C(F)(F)C(F)(F)C(F)(F)C(F)(F)C(F)(F)F)cc2)cc1. The average Bonchev–Trinajstić information content (AvgIpc) is 3.22. The molecule has 0 saturated heterocycles. The maximum absolute atomic E-state index is 14.1. The van der Waals surface area contributed by atoms with Gasteiger partial charge in [-0.2, -0.15) is 57.1 Å². The molecule has 0 aliphatic carbocycles. The van der Waals surface area contributed by atoms with Crippen molar-refractivity contribution in [3.05, 3.63) is 54.1 Å². The fraction of sp³-hybridized carbons (Fsp3) is 0.717. The number of carbonyl (C=O) groups excluding carboxylic acids is 1. The zero-order valence-corrected chi connectivity index (χ0v) is 36.9. The van der Waals surface area contributed by atoms with Gasteiger partial charge in [0.15, 0.2) is 0 Å². The van der Waals surface area contributed by atoms with Crippen LogP contribution in [-0.4, -0.2) is 54.1 Å². The molecule has 0 bridgehead atoms. The van der Waals surface area contributed by atoms with Crippen molar-refractivity contribution in [3.8, 4) is 11.5 Å². The molecule has 63 heavy (non-hydrogen) atoms. The number of halogens is 13. The number of ether oxygens (including phenoxy) is 2. The standard InChI is InChI=1S/C46H63F13O3S/c1-2-3-4-5-6-7-8-9-10-11-12-13-14-15-16-17-18-19-20-21-22-23-24-34-61-37-27-29-38(30-28-37)62-40(60)36-25-31-39(32-26-36)63-35-33-41(47,48)42(49,50)43(51,52)44(53,54)45(55,56)46(57,58)59/h25-32H,2-24,33-35H2,1H3. The molecular weight excluding hydrogens is 880 g/mol. The molecule has 0 amide bonds. The monoisotopic (exact) mass is 942 g/mol. The summed E-state index contributed by atoms with van der Waals surface area (Å²) in [5, 5.41) is 0. The van der Waals surface area contributed by atoms with Gasteiger partial charge in [0, 0.05) is 17.1 Å². The Hall–Kier alpha value is -2.85. The number of carbonyl (C=O) groups is 1. The largest absolute Gasteiger partial charge is 0.494 e. The van der Waals surface area contributed by atoms with E-state index in [0.717, 1.165) is 43.5 Å². The number of rotatable bonds is 35. The highest BCUT2D eigenvalue weighted by Gasteiger charge is 2.90. The average molecular weight is 943 g/mol. The predicted octanol–water partition coefficient (Wildman–Crippen LogP) is 17.5. The smallest absolute Gasteiger partial charge is 0.460 e. The van der Waals surface area contributed by atoms with Gasteiger partial charge in [-0.05, 0) is 55.0 Å². The van der Waals surface area contributed by atoms with E-state index in [2.05, 4.69) is 6.92 Å². The Morgan fingerprint density at radius 1 is 0.460 bits per heavy atom. The molecule has 0 N–H and O–H groups in total. The van der Waals surface area contributed by atoms with E-state index in [1.807, 2.05) is 0 Å². The summed E-state index contributed by atoms with van der Waals surface area (Å²) in [6.07, 6.45) is 20.3. The second kappa shape index (κ2) is 27.6. The zero-order valence-electron chi connectivity index (χ0n) is 36.1. The van der Waals surface area contributed by atoms with Gasteiger partial charge in [-0.25, -0.2) is 4.79 Å². The number of alkyl halides is 13. The molecule has 0 saturated carbocycles. The Morgan fingerprint density at radius 3 is 1.22 bits per heavy atom. The minimum absolute atomic E-state index is 0.00592. The second-order valence-electron chi connectivity index (χ2n) is 16.1. The fourth-order valence-corrected chi connectivity index (χ4v) is 7.71. The highest BCUT2D eigenvalue weighted by Crippen LogP contribution is 2.60. The summed E-state index contributed by atoms with van der Waals surface area (Å²) in [7, 11) is 0. The van der Waals surface area contributed by atoms with Crippen LogP contribution in [0, 0.1) is 0 Å². The van der Waals surface area contributed by atoms with Crippen molar-refractivity contribution in [1.82, 2.24) is 0 Å². The van der Waals surface area contributed by atoms with Gasteiger partial charge in [-0.15, -0.1) is 11.8 Å². The first-order valence-corrected chi connectivity index (χ1v) is 23.2. The third-order valence-corrected chi connectivity index (χ3v) is 11.8. The van der Waals surface area contributed by atoms with Gasteiger partial charge in [0.25, 0.3) is 0 Å². The van der Waals surface area contributed by atoms with E-state index in [1.165, 1.54) is 141 Å². The molecule has 2 aromatic rings. The van der Waals surface area contributed by atoms with Crippen LogP contribution >= 0.6 is 11.8 Å². The van der Waals surface area contributed by atoms with Gasteiger partial charge in [-0.3, -0.25) is 0 Å². The lowest BCUT2D eigenvalue weighted by molar-refractivity contribution is -0.439. The summed E-state index contributed by atoms with van der Waals surface area (Å²) in [5.41, 5.74) is -0.0516. The number of hydrogen-bond acceptors (Lipinski definition) is 4. The third-order valence-electron chi connectivity index (χ3n) is 10.8. The van der Waals surface area contributed by atoms with E-state index in [0.29, 0.717) is 24.1 Å². The zero-order chi connectivity index (χ0) is 47.0. The maximum Gasteiger partial charge on any atom is 0.460 e. The van der Waals surface area contributed by atoms with Crippen molar-refractivity contribution < 1.29 is 71.3 Å². The Morgan fingerprint density at radius 2 is 0.825 bits per heavy atom. The van der Waals surface area contributed by atoms with Crippen LogP contribution in [0.15, 0.2) is 53.4 Å². The number of hydrogen-bond donors (Lipinski definition) is 0. The molecule has 2 aromatic carbocycles. The van der Waals surface area contributed by atoms with Crippen LogP contribution in [0.1, 0.15) is 171 Å². The van der Waals surface area contributed by atoms with Crippen LogP contribution in [0.3, 0.4) is 0 Å². The van der Waals surface area contributed by atoms with Crippen LogP contribution in [0.4, 0.5) is 57.1 Å². The van der Waals surface area contributed by atoms with Crippen molar-refractivity contribution in [1.29, 1.82) is 0 Å². The summed E-state index contributed by atoms with van der Waals surface area (Å²) in [5.74, 6) is -38.3. The molecule has 0 heterocycles. The molecule has 0 spiro atoms. The number of thioether (sulfide) groups is 1.